The first-order valence-electron chi connectivity index (χ1n) is 8.23. The lowest BCUT2D eigenvalue weighted by atomic mass is 10.0. The van der Waals surface area contributed by atoms with Crippen LogP contribution in [0.5, 0.6) is 5.75 Å². The molecule has 23 heavy (non-hydrogen) atoms. The highest BCUT2D eigenvalue weighted by atomic mass is 16.5. The standard InChI is InChI=1S/C20H23NO2/c1-14-6-3-4-9-19(14)15(2)21-20(22)13-23-18-11-10-16-7-5-8-17(16)12-18/h3-4,6,9-12,15H,5,7-8,13H2,1-2H3,(H,21,22). The van der Waals surface area contributed by atoms with Crippen molar-refractivity contribution in [2.75, 3.05) is 6.61 Å². The Labute approximate surface area is 137 Å². The molecule has 1 N–H and O–H groups in total. The van der Waals surface area contributed by atoms with Crippen molar-refractivity contribution in [3.05, 3.63) is 64.7 Å². The van der Waals surface area contributed by atoms with Crippen LogP contribution in [0, 0.1) is 6.92 Å². The zero-order valence-electron chi connectivity index (χ0n) is 13.8. The highest BCUT2D eigenvalue weighted by molar-refractivity contribution is 5.78. The van der Waals surface area contributed by atoms with Crippen molar-refractivity contribution < 1.29 is 9.53 Å². The minimum atomic E-state index is -0.0961. The lowest BCUT2D eigenvalue weighted by Crippen LogP contribution is -2.31. The molecule has 1 atom stereocenters. The van der Waals surface area contributed by atoms with Gasteiger partial charge in [-0.25, -0.2) is 0 Å². The number of aryl methyl sites for hydroxylation is 3. The molecule has 3 rings (SSSR count). The summed E-state index contributed by atoms with van der Waals surface area (Å²) in [5.41, 5.74) is 5.09. The van der Waals surface area contributed by atoms with Gasteiger partial charge in [-0.2, -0.15) is 0 Å². The van der Waals surface area contributed by atoms with Crippen LogP contribution in [0.15, 0.2) is 42.5 Å². The molecular weight excluding hydrogens is 286 g/mol. The van der Waals surface area contributed by atoms with Crippen LogP contribution in [0.2, 0.25) is 0 Å². The van der Waals surface area contributed by atoms with E-state index in [0.29, 0.717) is 0 Å². The molecule has 0 saturated carbocycles. The Kier molecular flexibility index (Phi) is 4.65. The third kappa shape index (κ3) is 3.73. The second-order valence-electron chi connectivity index (χ2n) is 6.22. The second kappa shape index (κ2) is 6.86. The predicted molar refractivity (Wildman–Crippen MR) is 91.7 cm³/mol. The van der Waals surface area contributed by atoms with Crippen LogP contribution in [0.1, 0.15) is 41.6 Å². The van der Waals surface area contributed by atoms with Gasteiger partial charge < -0.3 is 10.1 Å². The molecule has 1 aliphatic rings. The van der Waals surface area contributed by atoms with Crippen molar-refractivity contribution in [3.63, 3.8) is 0 Å². The van der Waals surface area contributed by atoms with Gasteiger partial charge in [-0.3, -0.25) is 4.79 Å². The van der Waals surface area contributed by atoms with Gasteiger partial charge in [0.05, 0.1) is 6.04 Å². The number of rotatable bonds is 5. The van der Waals surface area contributed by atoms with E-state index >= 15 is 0 Å². The fourth-order valence-corrected chi connectivity index (χ4v) is 3.22. The zero-order valence-corrected chi connectivity index (χ0v) is 13.8. The van der Waals surface area contributed by atoms with Crippen LogP contribution < -0.4 is 10.1 Å². The Hall–Kier alpha value is -2.29. The maximum atomic E-state index is 12.1. The van der Waals surface area contributed by atoms with Crippen molar-refractivity contribution in [2.24, 2.45) is 0 Å². The number of nitrogens with one attached hydrogen (secondary N) is 1. The molecule has 0 fully saturated rings. The number of benzene rings is 2. The first-order chi connectivity index (χ1) is 11.1. The van der Waals surface area contributed by atoms with Crippen LogP contribution in [0.4, 0.5) is 0 Å². The molecule has 2 aromatic rings. The minimum absolute atomic E-state index is 0.0210. The maximum Gasteiger partial charge on any atom is 0.258 e. The smallest absolute Gasteiger partial charge is 0.258 e. The van der Waals surface area contributed by atoms with E-state index in [4.69, 9.17) is 4.74 Å². The summed E-state index contributed by atoms with van der Waals surface area (Å²) in [6.45, 7) is 4.10. The Morgan fingerprint density at radius 2 is 1.96 bits per heavy atom. The number of hydrogen-bond donors (Lipinski definition) is 1. The maximum absolute atomic E-state index is 12.1. The second-order valence-corrected chi connectivity index (χ2v) is 6.22. The van der Waals surface area contributed by atoms with Crippen LogP contribution >= 0.6 is 0 Å². The molecule has 0 aliphatic heterocycles. The molecule has 1 amide bonds. The van der Waals surface area contributed by atoms with Crippen molar-refractivity contribution in [2.45, 2.75) is 39.2 Å². The molecule has 3 heteroatoms. The summed E-state index contributed by atoms with van der Waals surface area (Å²) in [5.74, 6) is 0.686. The molecule has 0 spiro atoms. The fourth-order valence-electron chi connectivity index (χ4n) is 3.22. The third-order valence-corrected chi connectivity index (χ3v) is 4.47. The van der Waals surface area contributed by atoms with Crippen LogP contribution in [0.3, 0.4) is 0 Å². The van der Waals surface area contributed by atoms with E-state index < -0.39 is 0 Å². The van der Waals surface area contributed by atoms with Crippen molar-refractivity contribution >= 4 is 5.91 Å². The molecule has 0 bridgehead atoms. The predicted octanol–water partition coefficient (Wildman–Crippen LogP) is 3.74. The highest BCUT2D eigenvalue weighted by Crippen LogP contribution is 2.26. The van der Waals surface area contributed by atoms with Gasteiger partial charge in [0.15, 0.2) is 6.61 Å². The molecule has 120 valence electrons. The van der Waals surface area contributed by atoms with E-state index in [0.717, 1.165) is 24.2 Å². The average Bonchev–Trinajstić information content (AvgIpc) is 3.01. The number of carbonyl (C=O) groups excluding carboxylic acids is 1. The van der Waals surface area contributed by atoms with Gasteiger partial charge in [0.2, 0.25) is 0 Å². The summed E-state index contributed by atoms with van der Waals surface area (Å²) in [7, 11) is 0. The van der Waals surface area contributed by atoms with E-state index in [2.05, 4.69) is 30.4 Å². The largest absolute Gasteiger partial charge is 0.484 e. The van der Waals surface area contributed by atoms with Gasteiger partial charge >= 0.3 is 0 Å². The van der Waals surface area contributed by atoms with Crippen LogP contribution in [-0.2, 0) is 17.6 Å². The van der Waals surface area contributed by atoms with Crippen molar-refractivity contribution in [1.82, 2.24) is 5.32 Å². The van der Waals surface area contributed by atoms with E-state index in [1.807, 2.05) is 31.2 Å². The van der Waals surface area contributed by atoms with Crippen LogP contribution in [0.25, 0.3) is 0 Å². The quantitative estimate of drug-likeness (QED) is 0.913. The summed E-state index contributed by atoms with van der Waals surface area (Å²) in [6.07, 6.45) is 3.49. The zero-order chi connectivity index (χ0) is 16.2. The van der Waals surface area contributed by atoms with Gasteiger partial charge in [0.1, 0.15) is 5.75 Å². The van der Waals surface area contributed by atoms with Gasteiger partial charge in [0, 0.05) is 0 Å². The monoisotopic (exact) mass is 309 g/mol. The molecule has 0 heterocycles. The summed E-state index contributed by atoms with van der Waals surface area (Å²) in [5, 5.41) is 3.00. The van der Waals surface area contributed by atoms with Crippen LogP contribution in [-0.4, -0.2) is 12.5 Å². The van der Waals surface area contributed by atoms with Gasteiger partial charge in [-0.05, 0) is 67.5 Å². The summed E-state index contributed by atoms with van der Waals surface area (Å²) in [6, 6.07) is 14.2. The van der Waals surface area contributed by atoms with E-state index in [1.54, 1.807) is 0 Å². The molecule has 2 aromatic carbocycles. The van der Waals surface area contributed by atoms with E-state index in [9.17, 15) is 4.79 Å². The van der Waals surface area contributed by atoms with Gasteiger partial charge in [-0.1, -0.05) is 30.3 Å². The molecule has 1 unspecified atom stereocenters. The van der Waals surface area contributed by atoms with Crippen molar-refractivity contribution in [1.29, 1.82) is 0 Å². The highest BCUT2D eigenvalue weighted by Gasteiger charge is 2.14. The molecule has 3 nitrogen and oxygen atoms in total. The molecular formula is C20H23NO2. The van der Waals surface area contributed by atoms with Gasteiger partial charge in [-0.15, -0.1) is 0 Å². The summed E-state index contributed by atoms with van der Waals surface area (Å²) >= 11 is 0. The Bertz CT molecular complexity index is 709. The lowest BCUT2D eigenvalue weighted by Gasteiger charge is -2.17. The topological polar surface area (TPSA) is 38.3 Å². The third-order valence-electron chi connectivity index (χ3n) is 4.47. The Morgan fingerprint density at radius 3 is 2.78 bits per heavy atom. The minimum Gasteiger partial charge on any atom is -0.484 e. The average molecular weight is 309 g/mol. The number of hydrogen-bond acceptors (Lipinski definition) is 2. The first-order valence-corrected chi connectivity index (χ1v) is 8.23. The van der Waals surface area contributed by atoms with Gasteiger partial charge in [0.25, 0.3) is 5.91 Å². The number of fused-ring (bicyclic) bond motifs is 1. The number of ether oxygens (including phenoxy) is 1. The normalized spacial score (nSPS) is 14.2. The fraction of sp³-hybridized carbons (Fsp3) is 0.350. The summed E-state index contributed by atoms with van der Waals surface area (Å²) in [4.78, 5) is 12.1. The SMILES string of the molecule is Cc1ccccc1C(C)NC(=O)COc1ccc2c(c1)CCC2. The molecule has 0 radical (unpaired) electrons. The Morgan fingerprint density at radius 1 is 1.17 bits per heavy atom. The molecule has 0 aromatic heterocycles. The first kappa shape index (κ1) is 15.6. The van der Waals surface area contributed by atoms with E-state index in [-0.39, 0.29) is 18.6 Å². The molecule has 1 aliphatic carbocycles. The molecule has 0 saturated heterocycles. The number of carbonyl (C=O) groups is 1. The van der Waals surface area contributed by atoms with Crippen molar-refractivity contribution in [3.8, 4) is 5.75 Å². The Balaban J connectivity index is 1.54. The summed E-state index contributed by atoms with van der Waals surface area (Å²) < 4.78 is 5.65. The number of amides is 1. The lowest BCUT2D eigenvalue weighted by molar-refractivity contribution is -0.123. The van der Waals surface area contributed by atoms with E-state index in [1.165, 1.54) is 23.1 Å².